The normalized spacial score (nSPS) is 22.4. The lowest BCUT2D eigenvalue weighted by Gasteiger charge is -2.09. The molecule has 1 aliphatic heterocycles. The Bertz CT molecular complexity index is 298. The molecule has 0 radical (unpaired) electrons. The van der Waals surface area contributed by atoms with E-state index in [0.29, 0.717) is 12.2 Å². The summed E-state index contributed by atoms with van der Waals surface area (Å²) in [4.78, 5) is 0. The standard InChI is InChI=1S/C14H28O3S/c1-2-3-4-5-6-7-8-9-11-17-14-10-12-18(15,16)13-14/h14H,2-13H2,1H3/t14-/m0/s1. The molecule has 1 atom stereocenters. The van der Waals surface area contributed by atoms with Gasteiger partial charge in [-0.2, -0.15) is 0 Å². The number of hydrogen-bond donors (Lipinski definition) is 0. The molecule has 1 heterocycles. The lowest BCUT2D eigenvalue weighted by atomic mass is 10.1. The molecule has 1 fully saturated rings. The van der Waals surface area contributed by atoms with E-state index in [1.807, 2.05) is 0 Å². The highest BCUT2D eigenvalue weighted by Gasteiger charge is 2.28. The van der Waals surface area contributed by atoms with Gasteiger partial charge in [0.1, 0.15) is 0 Å². The van der Waals surface area contributed by atoms with Gasteiger partial charge in [-0.1, -0.05) is 51.9 Å². The highest BCUT2D eigenvalue weighted by molar-refractivity contribution is 7.91. The molecule has 0 unspecified atom stereocenters. The first-order valence-electron chi connectivity index (χ1n) is 7.46. The van der Waals surface area contributed by atoms with Crippen LogP contribution in [0.5, 0.6) is 0 Å². The van der Waals surface area contributed by atoms with E-state index in [4.69, 9.17) is 4.74 Å². The summed E-state index contributed by atoms with van der Waals surface area (Å²) in [5.74, 6) is 0.555. The number of hydrogen-bond acceptors (Lipinski definition) is 3. The van der Waals surface area contributed by atoms with Crippen molar-refractivity contribution in [1.29, 1.82) is 0 Å². The van der Waals surface area contributed by atoms with Crippen molar-refractivity contribution in [1.82, 2.24) is 0 Å². The molecule has 108 valence electrons. The Kier molecular flexibility index (Phi) is 7.91. The summed E-state index contributed by atoms with van der Waals surface area (Å²) >= 11 is 0. The molecule has 0 amide bonds. The van der Waals surface area contributed by atoms with Gasteiger partial charge in [-0.05, 0) is 12.8 Å². The van der Waals surface area contributed by atoms with E-state index in [1.54, 1.807) is 0 Å². The zero-order valence-electron chi connectivity index (χ0n) is 11.7. The van der Waals surface area contributed by atoms with Gasteiger partial charge in [0.2, 0.25) is 0 Å². The molecule has 18 heavy (non-hydrogen) atoms. The van der Waals surface area contributed by atoms with Crippen molar-refractivity contribution in [3.05, 3.63) is 0 Å². The molecule has 0 bridgehead atoms. The van der Waals surface area contributed by atoms with Crippen molar-refractivity contribution >= 4 is 9.84 Å². The molecule has 3 nitrogen and oxygen atoms in total. The van der Waals surface area contributed by atoms with Crippen molar-refractivity contribution in [2.24, 2.45) is 0 Å². The quantitative estimate of drug-likeness (QED) is 0.575. The minimum atomic E-state index is -2.78. The van der Waals surface area contributed by atoms with Crippen LogP contribution in [-0.2, 0) is 14.6 Å². The molecular weight excluding hydrogens is 248 g/mol. The number of rotatable bonds is 10. The monoisotopic (exact) mass is 276 g/mol. The molecule has 1 aliphatic rings. The first-order valence-corrected chi connectivity index (χ1v) is 9.28. The molecule has 0 spiro atoms. The fourth-order valence-corrected chi connectivity index (χ4v) is 4.00. The second-order valence-corrected chi connectivity index (χ2v) is 7.60. The van der Waals surface area contributed by atoms with E-state index in [1.165, 1.54) is 44.9 Å². The van der Waals surface area contributed by atoms with Crippen molar-refractivity contribution < 1.29 is 13.2 Å². The summed E-state index contributed by atoms with van der Waals surface area (Å²) in [5.41, 5.74) is 0. The van der Waals surface area contributed by atoms with Crippen LogP contribution in [-0.4, -0.2) is 32.6 Å². The topological polar surface area (TPSA) is 43.4 Å². The van der Waals surface area contributed by atoms with E-state index < -0.39 is 9.84 Å². The molecule has 1 saturated heterocycles. The second-order valence-electron chi connectivity index (χ2n) is 5.37. The Balaban J connectivity index is 1.85. The van der Waals surface area contributed by atoms with E-state index >= 15 is 0 Å². The molecule has 0 aromatic heterocycles. The minimum Gasteiger partial charge on any atom is -0.377 e. The van der Waals surface area contributed by atoms with Crippen LogP contribution in [0, 0.1) is 0 Å². The van der Waals surface area contributed by atoms with Crippen LogP contribution in [0.1, 0.15) is 64.7 Å². The maximum Gasteiger partial charge on any atom is 0.152 e. The van der Waals surface area contributed by atoms with Crippen LogP contribution < -0.4 is 0 Å². The summed E-state index contributed by atoms with van der Waals surface area (Å²) in [6.45, 7) is 2.97. The predicted octanol–water partition coefficient (Wildman–Crippen LogP) is 3.33. The molecule has 0 saturated carbocycles. The number of sulfone groups is 1. The average molecular weight is 276 g/mol. The zero-order valence-corrected chi connectivity index (χ0v) is 12.5. The van der Waals surface area contributed by atoms with Crippen molar-refractivity contribution in [3.63, 3.8) is 0 Å². The van der Waals surface area contributed by atoms with Gasteiger partial charge < -0.3 is 4.74 Å². The van der Waals surface area contributed by atoms with Gasteiger partial charge in [0.15, 0.2) is 9.84 Å². The van der Waals surface area contributed by atoms with E-state index in [2.05, 4.69) is 6.92 Å². The molecule has 0 aliphatic carbocycles. The highest BCUT2D eigenvalue weighted by atomic mass is 32.2. The van der Waals surface area contributed by atoms with Gasteiger partial charge in [-0.25, -0.2) is 8.42 Å². The molecule has 0 aromatic carbocycles. The summed E-state index contributed by atoms with van der Waals surface area (Å²) < 4.78 is 28.0. The number of unbranched alkanes of at least 4 members (excludes halogenated alkanes) is 7. The molecular formula is C14H28O3S. The summed E-state index contributed by atoms with van der Waals surface area (Å²) in [6, 6.07) is 0. The van der Waals surface area contributed by atoms with E-state index in [0.717, 1.165) is 13.0 Å². The van der Waals surface area contributed by atoms with Gasteiger partial charge in [-0.15, -0.1) is 0 Å². The lowest BCUT2D eigenvalue weighted by Crippen LogP contribution is -2.15. The smallest absolute Gasteiger partial charge is 0.152 e. The van der Waals surface area contributed by atoms with Gasteiger partial charge in [-0.3, -0.25) is 0 Å². The zero-order chi connectivity index (χ0) is 13.3. The molecule has 1 rings (SSSR count). The van der Waals surface area contributed by atoms with Crippen molar-refractivity contribution in [2.45, 2.75) is 70.8 Å². The Morgan fingerprint density at radius 1 is 1.00 bits per heavy atom. The highest BCUT2D eigenvalue weighted by Crippen LogP contribution is 2.15. The third-order valence-electron chi connectivity index (χ3n) is 3.54. The fraction of sp³-hybridized carbons (Fsp3) is 1.00. The van der Waals surface area contributed by atoms with Crippen LogP contribution in [0.15, 0.2) is 0 Å². The summed E-state index contributed by atoms with van der Waals surface area (Å²) in [5, 5.41) is 0. The van der Waals surface area contributed by atoms with Gasteiger partial charge in [0.05, 0.1) is 17.6 Å². The first kappa shape index (κ1) is 16.0. The largest absolute Gasteiger partial charge is 0.377 e. The average Bonchev–Trinajstić information content (AvgIpc) is 2.67. The van der Waals surface area contributed by atoms with Gasteiger partial charge in [0.25, 0.3) is 0 Å². The lowest BCUT2D eigenvalue weighted by molar-refractivity contribution is 0.0680. The Morgan fingerprint density at radius 2 is 1.61 bits per heavy atom. The fourth-order valence-electron chi connectivity index (χ4n) is 2.38. The summed E-state index contributed by atoms with van der Waals surface area (Å²) in [6.07, 6.45) is 11.0. The maximum absolute atomic E-state index is 11.2. The Morgan fingerprint density at radius 3 is 2.17 bits per heavy atom. The van der Waals surface area contributed by atoms with Crippen LogP contribution in [0.2, 0.25) is 0 Å². The molecule has 0 aromatic rings. The van der Waals surface area contributed by atoms with E-state index in [9.17, 15) is 8.42 Å². The van der Waals surface area contributed by atoms with Crippen LogP contribution in [0.25, 0.3) is 0 Å². The van der Waals surface area contributed by atoms with Crippen LogP contribution >= 0.6 is 0 Å². The minimum absolute atomic E-state index is 0.0282. The summed E-state index contributed by atoms with van der Waals surface area (Å²) in [7, 11) is -2.78. The SMILES string of the molecule is CCCCCCCCCCO[C@H]1CCS(=O)(=O)C1. The number of ether oxygens (including phenoxy) is 1. The van der Waals surface area contributed by atoms with Gasteiger partial charge in [0, 0.05) is 6.61 Å². The van der Waals surface area contributed by atoms with Crippen LogP contribution in [0.4, 0.5) is 0 Å². The van der Waals surface area contributed by atoms with Crippen molar-refractivity contribution in [3.8, 4) is 0 Å². The van der Waals surface area contributed by atoms with E-state index in [-0.39, 0.29) is 11.9 Å². The third-order valence-corrected chi connectivity index (χ3v) is 5.28. The maximum atomic E-state index is 11.2. The van der Waals surface area contributed by atoms with Crippen LogP contribution in [0.3, 0.4) is 0 Å². The molecule has 4 heteroatoms. The Labute approximate surface area is 112 Å². The third kappa shape index (κ3) is 7.37. The molecule has 0 N–H and O–H groups in total. The van der Waals surface area contributed by atoms with Crippen molar-refractivity contribution in [2.75, 3.05) is 18.1 Å². The first-order chi connectivity index (χ1) is 8.64. The second kappa shape index (κ2) is 8.92. The predicted molar refractivity (Wildman–Crippen MR) is 75.6 cm³/mol. The Hall–Kier alpha value is -0.0900. The van der Waals surface area contributed by atoms with Gasteiger partial charge >= 0.3 is 0 Å².